The monoisotopic (exact) mass is 227 g/mol. The maximum absolute atomic E-state index is 12.4. The van der Waals surface area contributed by atoms with E-state index in [9.17, 15) is 23.7 Å². The van der Waals surface area contributed by atoms with Crippen molar-refractivity contribution >= 4 is 12.0 Å². The van der Waals surface area contributed by atoms with Crippen LogP contribution in [-0.2, 0) is 0 Å². The second-order valence-corrected chi connectivity index (χ2v) is 2.62. The number of carbonyl (C=O) groups excluding carboxylic acids is 1. The van der Waals surface area contributed by atoms with Crippen LogP contribution in [0.1, 0.15) is 28.2 Å². The van der Waals surface area contributed by atoms with Gasteiger partial charge in [-0.25, -0.2) is 13.8 Å². The molecule has 1 heterocycles. The van der Waals surface area contributed by atoms with Gasteiger partial charge >= 0.3 is 5.69 Å². The molecule has 0 unspecified atom stereocenters. The van der Waals surface area contributed by atoms with Crippen LogP contribution in [-0.4, -0.2) is 16.2 Å². The molecule has 16 heavy (non-hydrogen) atoms. The molecular formula is C8H3F2N3O3. The zero-order valence-corrected chi connectivity index (χ0v) is 7.55. The fraction of sp³-hybridized carbons (Fsp3) is 0.125. The molecule has 0 N–H and O–H groups in total. The van der Waals surface area contributed by atoms with E-state index in [1.54, 1.807) is 0 Å². The minimum atomic E-state index is -3.08. The number of aldehydes is 1. The van der Waals surface area contributed by atoms with Crippen LogP contribution in [0.25, 0.3) is 0 Å². The predicted octanol–water partition coefficient (Wildman–Crippen LogP) is 1.61. The quantitative estimate of drug-likeness (QED) is 0.443. The van der Waals surface area contributed by atoms with Gasteiger partial charge in [-0.05, 0) is 0 Å². The van der Waals surface area contributed by atoms with Crippen LogP contribution in [0.15, 0.2) is 6.07 Å². The first kappa shape index (κ1) is 11.6. The van der Waals surface area contributed by atoms with Crippen molar-refractivity contribution in [1.82, 2.24) is 4.98 Å². The lowest BCUT2D eigenvalue weighted by atomic mass is 10.1. The Kier molecular flexibility index (Phi) is 3.20. The van der Waals surface area contributed by atoms with Crippen LogP contribution >= 0.6 is 0 Å². The summed E-state index contributed by atoms with van der Waals surface area (Å²) in [6.07, 6.45) is -3.05. The Morgan fingerprint density at radius 2 is 2.25 bits per heavy atom. The Hall–Kier alpha value is -2.43. The number of pyridine rings is 1. The molecule has 0 saturated carbocycles. The third kappa shape index (κ3) is 1.98. The van der Waals surface area contributed by atoms with E-state index in [4.69, 9.17) is 5.26 Å². The highest BCUT2D eigenvalue weighted by Crippen LogP contribution is 2.25. The number of nitriles is 1. The Balaban J connectivity index is 3.54. The number of hydrogen-bond acceptors (Lipinski definition) is 5. The average molecular weight is 227 g/mol. The van der Waals surface area contributed by atoms with Gasteiger partial charge in [-0.3, -0.25) is 14.9 Å². The summed E-state index contributed by atoms with van der Waals surface area (Å²) in [5.74, 6) is 0. The standard InChI is InChI=1S/C8H3F2N3O3/c9-8(10)7-4(3-14)1-6(13(15)16)5(2-11)12-7/h1,3,8H. The molecule has 0 aromatic carbocycles. The second kappa shape index (κ2) is 4.39. The molecule has 0 aliphatic heterocycles. The van der Waals surface area contributed by atoms with Crippen LogP contribution < -0.4 is 0 Å². The Labute approximate surface area is 87.3 Å². The molecule has 0 atom stereocenters. The number of halogens is 2. The molecule has 0 radical (unpaired) electrons. The molecule has 82 valence electrons. The minimum Gasteiger partial charge on any atom is -0.298 e. The number of nitro groups is 1. The summed E-state index contributed by atoms with van der Waals surface area (Å²) in [6, 6.07) is 1.93. The summed E-state index contributed by atoms with van der Waals surface area (Å²) in [6.45, 7) is 0. The Morgan fingerprint density at radius 1 is 1.62 bits per heavy atom. The van der Waals surface area contributed by atoms with Crippen molar-refractivity contribution in [3.8, 4) is 6.07 Å². The van der Waals surface area contributed by atoms with Crippen molar-refractivity contribution in [2.24, 2.45) is 0 Å². The SMILES string of the molecule is N#Cc1nc(C(F)F)c(C=O)cc1[N+](=O)[O-]. The molecule has 0 aliphatic rings. The van der Waals surface area contributed by atoms with Gasteiger partial charge in [-0.2, -0.15) is 5.26 Å². The van der Waals surface area contributed by atoms with Crippen molar-refractivity contribution in [1.29, 1.82) is 5.26 Å². The van der Waals surface area contributed by atoms with Crippen LogP contribution in [0.3, 0.4) is 0 Å². The lowest BCUT2D eigenvalue weighted by molar-refractivity contribution is -0.385. The van der Waals surface area contributed by atoms with Crippen LogP contribution in [0, 0.1) is 21.4 Å². The number of hydrogen-bond donors (Lipinski definition) is 0. The molecule has 0 spiro atoms. The van der Waals surface area contributed by atoms with E-state index in [-0.39, 0.29) is 6.29 Å². The van der Waals surface area contributed by atoms with Crippen LogP contribution in [0.5, 0.6) is 0 Å². The van der Waals surface area contributed by atoms with Gasteiger partial charge in [0, 0.05) is 11.6 Å². The summed E-state index contributed by atoms with van der Waals surface area (Å²) in [5, 5.41) is 18.9. The Morgan fingerprint density at radius 3 is 2.62 bits per heavy atom. The van der Waals surface area contributed by atoms with Gasteiger partial charge in [-0.15, -0.1) is 0 Å². The summed E-state index contributed by atoms with van der Waals surface area (Å²) < 4.78 is 24.7. The molecule has 1 aromatic heterocycles. The van der Waals surface area contributed by atoms with Gasteiger partial charge < -0.3 is 0 Å². The van der Waals surface area contributed by atoms with Gasteiger partial charge in [0.15, 0.2) is 6.29 Å². The van der Waals surface area contributed by atoms with Crippen molar-refractivity contribution in [2.45, 2.75) is 6.43 Å². The molecule has 1 aromatic rings. The number of nitrogens with zero attached hydrogens (tertiary/aromatic N) is 3. The molecule has 0 fully saturated rings. The second-order valence-electron chi connectivity index (χ2n) is 2.62. The van der Waals surface area contributed by atoms with E-state index in [1.165, 1.54) is 6.07 Å². The lowest BCUT2D eigenvalue weighted by Crippen LogP contribution is -2.04. The fourth-order valence-electron chi connectivity index (χ4n) is 1.02. The molecule has 8 heteroatoms. The van der Waals surface area contributed by atoms with Crippen LogP contribution in [0.4, 0.5) is 14.5 Å². The average Bonchev–Trinajstić information content (AvgIpc) is 2.26. The fourth-order valence-corrected chi connectivity index (χ4v) is 1.02. The maximum Gasteiger partial charge on any atom is 0.306 e. The van der Waals surface area contributed by atoms with E-state index < -0.39 is 34.0 Å². The molecule has 0 amide bonds. The normalized spacial score (nSPS) is 9.88. The van der Waals surface area contributed by atoms with Gasteiger partial charge in [0.2, 0.25) is 5.69 Å². The summed E-state index contributed by atoms with van der Waals surface area (Å²) >= 11 is 0. The van der Waals surface area contributed by atoms with E-state index in [1.807, 2.05) is 0 Å². The lowest BCUT2D eigenvalue weighted by Gasteiger charge is -2.03. The first-order valence-electron chi connectivity index (χ1n) is 3.84. The van der Waals surface area contributed by atoms with E-state index in [0.717, 1.165) is 0 Å². The van der Waals surface area contributed by atoms with Crippen molar-refractivity contribution in [3.05, 3.63) is 33.1 Å². The van der Waals surface area contributed by atoms with E-state index in [0.29, 0.717) is 6.07 Å². The third-order valence-electron chi connectivity index (χ3n) is 1.70. The highest BCUT2D eigenvalue weighted by atomic mass is 19.3. The van der Waals surface area contributed by atoms with Gasteiger partial charge in [0.1, 0.15) is 11.8 Å². The molecule has 0 bridgehead atoms. The zero-order chi connectivity index (χ0) is 12.3. The number of aromatic nitrogens is 1. The summed E-state index contributed by atoms with van der Waals surface area (Å²) in [5.41, 5.74) is -3.04. The van der Waals surface area contributed by atoms with Crippen molar-refractivity contribution in [2.75, 3.05) is 0 Å². The van der Waals surface area contributed by atoms with Crippen LogP contribution in [0.2, 0.25) is 0 Å². The number of rotatable bonds is 3. The highest BCUT2D eigenvalue weighted by Gasteiger charge is 2.23. The third-order valence-corrected chi connectivity index (χ3v) is 1.70. The predicted molar refractivity (Wildman–Crippen MR) is 46.0 cm³/mol. The molecular weight excluding hydrogens is 224 g/mol. The molecule has 0 saturated heterocycles. The first-order valence-corrected chi connectivity index (χ1v) is 3.84. The molecule has 0 aliphatic carbocycles. The molecule has 1 rings (SSSR count). The van der Waals surface area contributed by atoms with Gasteiger partial charge in [-0.1, -0.05) is 0 Å². The van der Waals surface area contributed by atoms with E-state index >= 15 is 0 Å². The topological polar surface area (TPSA) is 96.9 Å². The van der Waals surface area contributed by atoms with Gasteiger partial charge in [0.05, 0.1) is 4.92 Å². The largest absolute Gasteiger partial charge is 0.306 e. The number of alkyl halides is 2. The van der Waals surface area contributed by atoms with Crippen molar-refractivity contribution in [3.63, 3.8) is 0 Å². The summed E-state index contributed by atoms with van der Waals surface area (Å²) in [4.78, 5) is 23.0. The number of carbonyl (C=O) groups is 1. The smallest absolute Gasteiger partial charge is 0.298 e. The first-order chi connectivity index (χ1) is 7.51. The zero-order valence-electron chi connectivity index (χ0n) is 7.55. The van der Waals surface area contributed by atoms with Gasteiger partial charge in [0.25, 0.3) is 6.43 Å². The highest BCUT2D eigenvalue weighted by molar-refractivity contribution is 5.78. The summed E-state index contributed by atoms with van der Waals surface area (Å²) in [7, 11) is 0. The Bertz CT molecular complexity index is 496. The van der Waals surface area contributed by atoms with Crippen molar-refractivity contribution < 1.29 is 18.5 Å². The maximum atomic E-state index is 12.4. The molecule has 6 nitrogen and oxygen atoms in total. The minimum absolute atomic E-state index is 0.0304. The van der Waals surface area contributed by atoms with E-state index in [2.05, 4.69) is 4.98 Å².